The van der Waals surface area contributed by atoms with Crippen LogP contribution in [0.4, 0.5) is 0 Å². The molecule has 0 aliphatic carbocycles. The van der Waals surface area contributed by atoms with E-state index in [1.807, 2.05) is 32.2 Å². The van der Waals surface area contributed by atoms with Gasteiger partial charge in [-0.2, -0.15) is 4.98 Å². The monoisotopic (exact) mass is 459 g/mol. The van der Waals surface area contributed by atoms with Crippen molar-refractivity contribution in [2.45, 2.75) is 26.3 Å². The van der Waals surface area contributed by atoms with Crippen LogP contribution in [-0.4, -0.2) is 48.8 Å². The molecule has 0 aliphatic rings. The Kier molecular flexibility index (Phi) is 9.25. The molecule has 0 saturated carbocycles. The Balaban J connectivity index is 0.00000312. The van der Waals surface area contributed by atoms with Gasteiger partial charge in [0.25, 0.3) is 0 Å². The molecule has 0 unspecified atom stereocenters. The predicted octanol–water partition coefficient (Wildman–Crippen LogP) is 2.64. The number of rotatable bonds is 7. The highest BCUT2D eigenvalue weighted by molar-refractivity contribution is 14.0. The van der Waals surface area contributed by atoms with E-state index in [0.717, 1.165) is 36.7 Å². The molecule has 138 valence electrons. The second kappa shape index (κ2) is 10.9. The van der Waals surface area contributed by atoms with Crippen LogP contribution in [0.15, 0.2) is 33.8 Å². The normalized spacial score (nSPS) is 11.0. The van der Waals surface area contributed by atoms with Gasteiger partial charge >= 0.3 is 0 Å². The molecule has 2 aromatic rings. The quantitative estimate of drug-likeness (QED) is 0.297. The van der Waals surface area contributed by atoms with E-state index >= 15 is 0 Å². The highest BCUT2D eigenvalue weighted by atomic mass is 127. The number of aliphatic imine (C=N–C) groups is 1. The van der Waals surface area contributed by atoms with Gasteiger partial charge in [-0.25, -0.2) is 0 Å². The molecule has 1 aromatic carbocycles. The van der Waals surface area contributed by atoms with Crippen LogP contribution in [0.2, 0.25) is 0 Å². The van der Waals surface area contributed by atoms with Crippen molar-refractivity contribution in [2.24, 2.45) is 4.99 Å². The molecule has 0 spiro atoms. The van der Waals surface area contributed by atoms with Crippen LogP contribution in [0, 0.1) is 6.92 Å². The summed E-state index contributed by atoms with van der Waals surface area (Å²) < 4.78 is 10.5. The van der Waals surface area contributed by atoms with Crippen LogP contribution >= 0.6 is 24.0 Å². The molecule has 2 rings (SSSR count). The second-order valence-corrected chi connectivity index (χ2v) is 5.48. The van der Waals surface area contributed by atoms with Gasteiger partial charge in [-0.1, -0.05) is 23.4 Å². The maximum Gasteiger partial charge on any atom is 0.226 e. The van der Waals surface area contributed by atoms with Gasteiger partial charge in [-0.3, -0.25) is 4.99 Å². The molecule has 1 N–H and O–H groups in total. The van der Waals surface area contributed by atoms with E-state index in [1.54, 1.807) is 14.2 Å². The van der Waals surface area contributed by atoms with Crippen molar-refractivity contribution in [2.75, 3.05) is 27.7 Å². The molecule has 0 radical (unpaired) electrons. The van der Waals surface area contributed by atoms with Gasteiger partial charge in [0, 0.05) is 39.2 Å². The van der Waals surface area contributed by atoms with Crippen molar-refractivity contribution >= 4 is 29.9 Å². The highest BCUT2D eigenvalue weighted by Crippen LogP contribution is 2.18. The van der Waals surface area contributed by atoms with Crippen molar-refractivity contribution in [3.05, 3.63) is 41.5 Å². The van der Waals surface area contributed by atoms with Crippen molar-refractivity contribution in [1.82, 2.24) is 20.4 Å². The summed E-state index contributed by atoms with van der Waals surface area (Å²) in [7, 11) is 5.47. The second-order valence-electron chi connectivity index (χ2n) is 5.48. The van der Waals surface area contributed by atoms with Gasteiger partial charge in [0.2, 0.25) is 5.89 Å². The van der Waals surface area contributed by atoms with Crippen LogP contribution in [0.1, 0.15) is 23.7 Å². The summed E-state index contributed by atoms with van der Waals surface area (Å²) in [5.74, 6) is 3.06. The summed E-state index contributed by atoms with van der Waals surface area (Å²) in [5.41, 5.74) is 1.12. The fraction of sp³-hybridized carbons (Fsp3) is 0.471. The molecular weight excluding hydrogens is 433 g/mol. The van der Waals surface area contributed by atoms with Gasteiger partial charge in [0.15, 0.2) is 11.8 Å². The number of ether oxygens (including phenoxy) is 1. The van der Waals surface area contributed by atoms with Gasteiger partial charge < -0.3 is 19.5 Å². The standard InChI is InChI=1S/C17H25N5O2.HI/c1-13-20-16(24-21-13)10-7-11-19-17(18-2)22(3)12-14-8-5-6-9-15(14)23-4;/h5-6,8-9H,7,10-12H2,1-4H3,(H,18,19);1H. The van der Waals surface area contributed by atoms with E-state index in [9.17, 15) is 0 Å². The molecule has 0 fully saturated rings. The van der Waals surface area contributed by atoms with Gasteiger partial charge in [0.05, 0.1) is 7.11 Å². The molecule has 1 heterocycles. The van der Waals surface area contributed by atoms with E-state index in [-0.39, 0.29) is 24.0 Å². The average molecular weight is 459 g/mol. The molecule has 0 bridgehead atoms. The lowest BCUT2D eigenvalue weighted by Crippen LogP contribution is -2.39. The zero-order valence-corrected chi connectivity index (χ0v) is 17.5. The number of benzene rings is 1. The first-order valence-corrected chi connectivity index (χ1v) is 7.97. The van der Waals surface area contributed by atoms with E-state index in [1.165, 1.54) is 0 Å². The zero-order valence-electron chi connectivity index (χ0n) is 15.2. The SMILES string of the molecule is CN=C(NCCCc1nc(C)no1)N(C)Cc1ccccc1OC.I. The third-order valence-corrected chi connectivity index (χ3v) is 3.59. The first-order valence-electron chi connectivity index (χ1n) is 7.97. The lowest BCUT2D eigenvalue weighted by molar-refractivity contribution is 0.371. The summed E-state index contributed by atoms with van der Waals surface area (Å²) >= 11 is 0. The molecule has 0 atom stereocenters. The van der Waals surface area contributed by atoms with Crippen LogP contribution < -0.4 is 10.1 Å². The first-order chi connectivity index (χ1) is 11.6. The number of nitrogens with zero attached hydrogens (tertiary/aromatic N) is 4. The Morgan fingerprint density at radius 1 is 1.36 bits per heavy atom. The van der Waals surface area contributed by atoms with E-state index in [4.69, 9.17) is 9.26 Å². The van der Waals surface area contributed by atoms with Crippen molar-refractivity contribution < 1.29 is 9.26 Å². The largest absolute Gasteiger partial charge is 0.496 e. The van der Waals surface area contributed by atoms with E-state index in [0.29, 0.717) is 18.3 Å². The number of halogens is 1. The molecule has 0 aliphatic heterocycles. The molecular formula is C17H26IN5O2. The van der Waals surface area contributed by atoms with Crippen molar-refractivity contribution in [3.63, 3.8) is 0 Å². The van der Waals surface area contributed by atoms with Crippen molar-refractivity contribution in [1.29, 1.82) is 0 Å². The fourth-order valence-electron chi connectivity index (χ4n) is 2.43. The maximum absolute atomic E-state index is 5.40. The molecule has 8 heteroatoms. The Labute approximate surface area is 165 Å². The lowest BCUT2D eigenvalue weighted by atomic mass is 10.2. The Bertz CT molecular complexity index is 675. The Morgan fingerprint density at radius 2 is 2.12 bits per heavy atom. The fourth-order valence-corrected chi connectivity index (χ4v) is 2.43. The summed E-state index contributed by atoms with van der Waals surface area (Å²) in [5, 5.41) is 7.14. The maximum atomic E-state index is 5.40. The molecule has 1 aromatic heterocycles. The number of methoxy groups -OCH3 is 1. The lowest BCUT2D eigenvalue weighted by Gasteiger charge is -2.23. The highest BCUT2D eigenvalue weighted by Gasteiger charge is 2.10. The van der Waals surface area contributed by atoms with E-state index < -0.39 is 0 Å². The molecule has 25 heavy (non-hydrogen) atoms. The van der Waals surface area contributed by atoms with Crippen molar-refractivity contribution in [3.8, 4) is 5.75 Å². The average Bonchev–Trinajstić information content (AvgIpc) is 3.00. The number of para-hydroxylation sites is 1. The minimum absolute atomic E-state index is 0. The topological polar surface area (TPSA) is 75.8 Å². The van der Waals surface area contributed by atoms with Crippen LogP contribution in [0.25, 0.3) is 0 Å². The van der Waals surface area contributed by atoms with Gasteiger partial charge in [-0.05, 0) is 19.4 Å². The summed E-state index contributed by atoms with van der Waals surface area (Å²) in [4.78, 5) is 10.6. The summed E-state index contributed by atoms with van der Waals surface area (Å²) in [6, 6.07) is 8.00. The van der Waals surface area contributed by atoms with Gasteiger partial charge in [0.1, 0.15) is 5.75 Å². The number of hydrogen-bond donors (Lipinski definition) is 1. The summed E-state index contributed by atoms with van der Waals surface area (Å²) in [6.45, 7) is 3.32. The number of hydrogen-bond acceptors (Lipinski definition) is 5. The number of aryl methyl sites for hydroxylation is 2. The number of nitrogens with one attached hydrogen (secondary N) is 1. The van der Waals surface area contributed by atoms with E-state index in [2.05, 4.69) is 31.4 Å². The molecule has 7 nitrogen and oxygen atoms in total. The van der Waals surface area contributed by atoms with Crippen LogP contribution in [-0.2, 0) is 13.0 Å². The minimum atomic E-state index is 0. The smallest absolute Gasteiger partial charge is 0.226 e. The number of aromatic nitrogens is 2. The van der Waals surface area contributed by atoms with Crippen LogP contribution in [0.3, 0.4) is 0 Å². The zero-order chi connectivity index (χ0) is 17.4. The predicted molar refractivity (Wildman–Crippen MR) is 109 cm³/mol. The van der Waals surface area contributed by atoms with Crippen LogP contribution in [0.5, 0.6) is 5.75 Å². The molecule has 0 amide bonds. The minimum Gasteiger partial charge on any atom is -0.496 e. The molecule has 0 saturated heterocycles. The van der Waals surface area contributed by atoms with Gasteiger partial charge in [-0.15, -0.1) is 24.0 Å². The summed E-state index contributed by atoms with van der Waals surface area (Å²) in [6.07, 6.45) is 1.64. The first kappa shape index (κ1) is 21.2. The number of guanidine groups is 1. The Hall–Kier alpha value is -1.84. The third-order valence-electron chi connectivity index (χ3n) is 3.59. The Morgan fingerprint density at radius 3 is 2.76 bits per heavy atom. The third kappa shape index (κ3) is 6.52.